The molecule has 0 unspecified atom stereocenters. The summed E-state index contributed by atoms with van der Waals surface area (Å²) in [6.07, 6.45) is 10.6. The van der Waals surface area contributed by atoms with E-state index in [4.69, 9.17) is 0 Å². The van der Waals surface area contributed by atoms with E-state index in [0.717, 1.165) is 0 Å². The first-order valence-corrected chi connectivity index (χ1v) is 23.7. The molecule has 0 aliphatic heterocycles. The Morgan fingerprint density at radius 1 is 0.0732 bits per heavy atom. The Bertz CT molecular complexity index is 24.0. The SMILES string of the molecule is C.C.C.C.C.C.C.C.C.C.C.C.C.C.C.C.C.C.C.C.C.C.C.C.C.C.C.C.C.C.C.C.C.C.CC.CC.CC.CC.CC.CC.CC.CC.CC.CC.CC.CC.CC.CC.CC.CC.CCCC.CCCC.CCCC.CCCC. The highest BCUT2D eigenvalue weighted by atomic mass is 13.6. The van der Waals surface area contributed by atoms with E-state index in [-0.39, 0.29) is 253 Å². The smallest absolute Gasteiger partial charge is 0.0564 e. The van der Waals surface area contributed by atoms with Gasteiger partial charge in [-0.2, -0.15) is 0 Å². The second kappa shape index (κ2) is 8100. The van der Waals surface area contributed by atoms with Gasteiger partial charge in [-0.15, -0.1) is 0 Å². The fraction of sp³-hybridized carbons (Fsp3) is 1.00. The molecule has 0 spiro atoms. The highest BCUT2D eigenvalue weighted by molar-refractivity contribution is 4.13. The van der Waals surface area contributed by atoms with Gasteiger partial charge in [0.25, 0.3) is 0 Å². The van der Waals surface area contributed by atoms with Gasteiger partial charge < -0.3 is 0 Å². The van der Waals surface area contributed by atoms with E-state index in [0.29, 0.717) is 0 Å². The lowest BCUT2D eigenvalue weighted by Gasteiger charge is -1.68. The molecule has 0 aliphatic rings. The number of rotatable bonds is 4. The van der Waals surface area contributed by atoms with Crippen molar-refractivity contribution >= 4 is 0 Å². The normalized spacial score (nSPS) is 2.63. The molecule has 0 aliphatic carbocycles. The fourth-order valence-electron chi connectivity index (χ4n) is 0. The van der Waals surface area contributed by atoms with E-state index in [1.807, 2.05) is 222 Å². The van der Waals surface area contributed by atoms with E-state index in [1.54, 1.807) is 0 Å². The maximum Gasteiger partial charge on any atom is -0.0564 e. The second-order valence-electron chi connectivity index (χ2n) is 4.00. The van der Waals surface area contributed by atoms with Crippen molar-refractivity contribution in [3.8, 4) is 0 Å². The van der Waals surface area contributed by atoms with Crippen LogP contribution in [-0.2, 0) is 0 Å². The Morgan fingerprint density at radius 3 is 0.0854 bits per heavy atom. The first-order valence-electron chi connectivity index (χ1n) is 23.7. The minimum absolute atomic E-state index is 0. The standard InChI is InChI=1S/4C4H10.16C2H6.34CH4/c4*1-3-4-2;16*1-2;;;;;;;;;;;;;;;;;;;;;;;;;;;;;;;;;;/h4*3-4H2,1-2H3;16*1-2H3;34*1H4. The zero-order chi connectivity index (χ0) is 45.7. The zero-order valence-corrected chi connectivity index (χ0v) is 45.7. The van der Waals surface area contributed by atoms with Gasteiger partial charge in [0.15, 0.2) is 0 Å². The molecule has 0 heteroatoms. The highest BCUT2D eigenvalue weighted by Gasteiger charge is 1.57. The van der Waals surface area contributed by atoms with Gasteiger partial charge in [-0.25, -0.2) is 0 Å². The zero-order valence-electron chi connectivity index (χ0n) is 45.7. The van der Waals surface area contributed by atoms with Gasteiger partial charge in [0, 0.05) is 0 Å². The van der Waals surface area contributed by atoms with Crippen molar-refractivity contribution < 1.29 is 0 Å². The molecule has 82 heavy (non-hydrogen) atoms. The molecule has 0 saturated heterocycles. The van der Waals surface area contributed by atoms with Gasteiger partial charge in [0.05, 0.1) is 0 Å². The molecular weight excluding hydrogens is 985 g/mol. The summed E-state index contributed by atoms with van der Waals surface area (Å²) < 4.78 is 0. The average molecular weight is 1260 g/mol. The van der Waals surface area contributed by atoms with Crippen LogP contribution in [0.25, 0.3) is 0 Å². The topological polar surface area (TPSA) is 0 Å². The predicted octanol–water partition coefficient (Wildman–Crippen LogP) is 45.3. The summed E-state index contributed by atoms with van der Waals surface area (Å²) in [6.45, 7) is 81.4. The molecule has 0 aromatic carbocycles. The third-order valence-electron chi connectivity index (χ3n) is 2.00. The van der Waals surface area contributed by atoms with Crippen LogP contribution in [0.1, 0.15) is 581 Å². The first kappa shape index (κ1) is 686. The Hall–Kier alpha value is 0. The lowest BCUT2D eigenvalue weighted by atomic mass is 10.4. The summed E-state index contributed by atoms with van der Waals surface area (Å²) in [4.78, 5) is 0. The molecule has 0 fully saturated rings. The number of hydrogen-bond acceptors (Lipinski definition) is 0. The molecule has 0 N–H and O–H groups in total. The van der Waals surface area contributed by atoms with Gasteiger partial charge in [0.2, 0.25) is 0 Å². The molecule has 0 nitrogen and oxygen atoms in total. The van der Waals surface area contributed by atoms with Crippen molar-refractivity contribution in [2.75, 3.05) is 0 Å². The lowest BCUT2D eigenvalue weighted by Crippen LogP contribution is -1.47. The highest BCUT2D eigenvalue weighted by Crippen LogP contribution is 1.78. The van der Waals surface area contributed by atoms with Crippen LogP contribution >= 0.6 is 0 Å². The minimum Gasteiger partial charge on any atom is -0.0776 e. The molecule has 0 aromatic heterocycles. The van der Waals surface area contributed by atoms with Crippen LogP contribution in [0.3, 0.4) is 0 Å². The average Bonchev–Trinajstić information content (AvgIpc) is 3.29. The van der Waals surface area contributed by atoms with Crippen molar-refractivity contribution in [1.29, 1.82) is 0 Å². The van der Waals surface area contributed by atoms with E-state index < -0.39 is 0 Å². The molecule has 0 bridgehead atoms. The third-order valence-corrected chi connectivity index (χ3v) is 2.00. The Balaban J connectivity index is -0.00000000191. The second-order valence-corrected chi connectivity index (χ2v) is 4.00. The molecule has 0 amide bonds. The quantitative estimate of drug-likeness (QED) is 0.263. The summed E-state index contributed by atoms with van der Waals surface area (Å²) in [5.41, 5.74) is 0. The predicted molar refractivity (Wildman–Crippen MR) is 493 cm³/mol. The molecule has 600 valence electrons. The molecule has 0 heterocycles. The number of hydrogen-bond donors (Lipinski definition) is 0. The number of unbranched alkanes of at least 4 members (excludes halogenated alkanes) is 4. The fourth-order valence-corrected chi connectivity index (χ4v) is 0. The van der Waals surface area contributed by atoms with Gasteiger partial charge in [-0.05, 0) is 0 Å². The van der Waals surface area contributed by atoms with Crippen molar-refractivity contribution in [1.82, 2.24) is 0 Å². The monoisotopic (exact) mass is 1260 g/mol. The summed E-state index contributed by atoms with van der Waals surface area (Å²) >= 11 is 0. The van der Waals surface area contributed by atoms with Crippen LogP contribution in [0.4, 0.5) is 0 Å². The van der Waals surface area contributed by atoms with Gasteiger partial charge in [0.1, 0.15) is 0 Å². The van der Waals surface area contributed by atoms with Gasteiger partial charge >= 0.3 is 0 Å². The van der Waals surface area contributed by atoms with E-state index in [2.05, 4.69) is 55.4 Å². The van der Waals surface area contributed by atoms with Crippen molar-refractivity contribution in [3.05, 3.63) is 0 Å². The first-order chi connectivity index (χ1) is 23.7. The molecule has 0 atom stereocenters. The Labute approximate surface area is 578 Å². The van der Waals surface area contributed by atoms with Crippen LogP contribution in [0.2, 0.25) is 0 Å². The van der Waals surface area contributed by atoms with Crippen LogP contribution < -0.4 is 0 Å². The van der Waals surface area contributed by atoms with E-state index in [1.165, 1.54) is 51.4 Å². The summed E-state index contributed by atoms with van der Waals surface area (Å²) in [6, 6.07) is 0. The van der Waals surface area contributed by atoms with Crippen molar-refractivity contribution in [3.63, 3.8) is 0 Å². The largest absolute Gasteiger partial charge is 0.0776 e. The summed E-state index contributed by atoms with van der Waals surface area (Å²) in [5, 5.41) is 0. The summed E-state index contributed by atoms with van der Waals surface area (Å²) in [5.74, 6) is 0. The third kappa shape index (κ3) is 31200. The van der Waals surface area contributed by atoms with E-state index in [9.17, 15) is 0 Å². The Morgan fingerprint density at radius 2 is 0.0854 bits per heavy atom. The van der Waals surface area contributed by atoms with Crippen LogP contribution in [0.15, 0.2) is 0 Å². The molecular formula is C82H272. The molecule has 0 aromatic rings. The molecule has 0 radical (unpaired) electrons. The summed E-state index contributed by atoms with van der Waals surface area (Å²) in [7, 11) is 0. The molecule has 0 rings (SSSR count). The molecule has 0 saturated carbocycles. The maximum atomic E-state index is 2.18. The van der Waals surface area contributed by atoms with Crippen LogP contribution in [0.5, 0.6) is 0 Å². The lowest BCUT2D eigenvalue weighted by molar-refractivity contribution is 0.886. The Kier molecular flexibility index (Phi) is 67800. The van der Waals surface area contributed by atoms with Crippen molar-refractivity contribution in [2.45, 2.75) is 581 Å². The van der Waals surface area contributed by atoms with Gasteiger partial charge in [-0.1, -0.05) is 581 Å². The van der Waals surface area contributed by atoms with Crippen LogP contribution in [0, 0.1) is 0 Å². The minimum atomic E-state index is 0. The van der Waals surface area contributed by atoms with Gasteiger partial charge in [-0.3, -0.25) is 0 Å². The maximum absolute atomic E-state index is 2.18. The van der Waals surface area contributed by atoms with Crippen LogP contribution in [-0.4, -0.2) is 0 Å². The van der Waals surface area contributed by atoms with E-state index >= 15 is 0 Å². The van der Waals surface area contributed by atoms with Crippen molar-refractivity contribution in [2.24, 2.45) is 0 Å².